The highest BCUT2D eigenvalue weighted by Crippen LogP contribution is 2.40. The van der Waals surface area contributed by atoms with Gasteiger partial charge in [0.2, 0.25) is 0 Å². The molecule has 1 aliphatic rings. The lowest BCUT2D eigenvalue weighted by atomic mass is 9.95. The quantitative estimate of drug-likeness (QED) is 0.698. The average Bonchev–Trinajstić information content (AvgIpc) is 3.40. The van der Waals surface area contributed by atoms with Crippen molar-refractivity contribution in [2.75, 3.05) is 20.3 Å². The van der Waals surface area contributed by atoms with Crippen LogP contribution in [0.4, 0.5) is 0 Å². The Kier molecular flexibility index (Phi) is 6.58. The van der Waals surface area contributed by atoms with E-state index in [2.05, 4.69) is 19.2 Å². The van der Waals surface area contributed by atoms with Gasteiger partial charge in [-0.25, -0.2) is 0 Å². The zero-order valence-corrected chi connectivity index (χ0v) is 16.3. The van der Waals surface area contributed by atoms with Crippen LogP contribution in [0, 0.1) is 11.8 Å². The van der Waals surface area contributed by atoms with Gasteiger partial charge in [0.25, 0.3) is 5.91 Å². The van der Waals surface area contributed by atoms with Gasteiger partial charge in [-0.15, -0.1) is 0 Å². The summed E-state index contributed by atoms with van der Waals surface area (Å²) in [4.78, 5) is 12.7. The third-order valence-electron chi connectivity index (χ3n) is 4.73. The Bertz CT molecular complexity index is 617. The standard InChI is InChI=1S/C19H29ClN2O3/c1-12(2)7-8-25-17-15(20)9-13(10-16(17)24-4)18(23)22-19(3,11-21)14-5-6-14/h9-10,12,14H,5-8,11,21H2,1-4H3,(H,22,23). The fraction of sp³-hybridized carbons (Fsp3) is 0.632. The van der Waals surface area contributed by atoms with Crippen LogP contribution in [0.25, 0.3) is 0 Å². The van der Waals surface area contributed by atoms with Gasteiger partial charge in [0, 0.05) is 12.1 Å². The Hall–Kier alpha value is -1.46. The highest BCUT2D eigenvalue weighted by Gasteiger charge is 2.41. The fourth-order valence-corrected chi connectivity index (χ4v) is 3.02. The summed E-state index contributed by atoms with van der Waals surface area (Å²) in [5.74, 6) is 1.71. The maximum absolute atomic E-state index is 12.7. The Morgan fingerprint density at radius 3 is 2.64 bits per heavy atom. The second kappa shape index (κ2) is 8.28. The molecule has 1 aromatic rings. The van der Waals surface area contributed by atoms with E-state index < -0.39 is 0 Å². The number of carbonyl (C=O) groups is 1. The maximum atomic E-state index is 12.7. The molecule has 1 amide bonds. The second-order valence-electron chi connectivity index (χ2n) is 7.37. The van der Waals surface area contributed by atoms with Gasteiger partial charge in [0.15, 0.2) is 11.5 Å². The number of carbonyl (C=O) groups excluding carboxylic acids is 1. The summed E-state index contributed by atoms with van der Waals surface area (Å²) in [6, 6.07) is 3.28. The molecule has 25 heavy (non-hydrogen) atoms. The van der Waals surface area contributed by atoms with Crippen LogP contribution in [0.2, 0.25) is 5.02 Å². The van der Waals surface area contributed by atoms with Crippen LogP contribution in [0.3, 0.4) is 0 Å². The molecule has 0 radical (unpaired) electrons. The lowest BCUT2D eigenvalue weighted by Gasteiger charge is -2.29. The first-order chi connectivity index (χ1) is 11.8. The molecule has 0 aromatic heterocycles. The number of hydrogen-bond donors (Lipinski definition) is 2. The van der Waals surface area contributed by atoms with Crippen LogP contribution in [-0.4, -0.2) is 31.7 Å². The average molecular weight is 369 g/mol. The first-order valence-electron chi connectivity index (χ1n) is 8.83. The zero-order chi connectivity index (χ0) is 18.6. The topological polar surface area (TPSA) is 73.6 Å². The first kappa shape index (κ1) is 19.9. The van der Waals surface area contributed by atoms with Crippen molar-refractivity contribution in [2.45, 2.75) is 45.6 Å². The van der Waals surface area contributed by atoms with Gasteiger partial charge in [-0.05, 0) is 50.2 Å². The summed E-state index contributed by atoms with van der Waals surface area (Å²) in [7, 11) is 1.54. The van der Waals surface area contributed by atoms with Crippen LogP contribution in [0.5, 0.6) is 11.5 Å². The van der Waals surface area contributed by atoms with E-state index in [1.54, 1.807) is 12.1 Å². The smallest absolute Gasteiger partial charge is 0.251 e. The highest BCUT2D eigenvalue weighted by molar-refractivity contribution is 6.32. The molecule has 0 aliphatic heterocycles. The van der Waals surface area contributed by atoms with Crippen molar-refractivity contribution in [3.63, 3.8) is 0 Å². The van der Waals surface area contributed by atoms with Gasteiger partial charge in [-0.1, -0.05) is 25.4 Å². The minimum absolute atomic E-state index is 0.200. The van der Waals surface area contributed by atoms with Gasteiger partial charge in [-0.3, -0.25) is 4.79 Å². The van der Waals surface area contributed by atoms with Crippen molar-refractivity contribution < 1.29 is 14.3 Å². The summed E-state index contributed by atoms with van der Waals surface area (Å²) in [6.45, 7) is 7.20. The van der Waals surface area contributed by atoms with E-state index in [0.717, 1.165) is 19.3 Å². The molecule has 1 aromatic carbocycles. The van der Waals surface area contributed by atoms with E-state index in [4.69, 9.17) is 26.8 Å². The first-order valence-corrected chi connectivity index (χ1v) is 9.21. The number of benzene rings is 1. The van der Waals surface area contributed by atoms with Crippen molar-refractivity contribution in [3.8, 4) is 11.5 Å². The molecular weight excluding hydrogens is 340 g/mol. The molecule has 1 saturated carbocycles. The maximum Gasteiger partial charge on any atom is 0.251 e. The summed E-state index contributed by atoms with van der Waals surface area (Å²) < 4.78 is 11.1. The number of methoxy groups -OCH3 is 1. The number of amides is 1. The molecule has 2 rings (SSSR count). The van der Waals surface area contributed by atoms with E-state index in [-0.39, 0.29) is 11.4 Å². The summed E-state index contributed by atoms with van der Waals surface area (Å²) in [5.41, 5.74) is 5.94. The molecule has 0 heterocycles. The SMILES string of the molecule is COc1cc(C(=O)NC(C)(CN)C2CC2)cc(Cl)c1OCCC(C)C. The Morgan fingerprint density at radius 2 is 2.12 bits per heavy atom. The van der Waals surface area contributed by atoms with Gasteiger partial charge in [0.05, 0.1) is 24.3 Å². The molecule has 5 nitrogen and oxygen atoms in total. The number of nitrogens with one attached hydrogen (secondary N) is 1. The van der Waals surface area contributed by atoms with Gasteiger partial charge in [-0.2, -0.15) is 0 Å². The molecule has 1 atom stereocenters. The van der Waals surface area contributed by atoms with Crippen LogP contribution in [0.15, 0.2) is 12.1 Å². The van der Waals surface area contributed by atoms with Crippen molar-refractivity contribution in [1.82, 2.24) is 5.32 Å². The predicted molar refractivity (Wildman–Crippen MR) is 101 cm³/mol. The van der Waals surface area contributed by atoms with Crippen molar-refractivity contribution in [1.29, 1.82) is 0 Å². The summed E-state index contributed by atoms with van der Waals surface area (Å²) in [6.07, 6.45) is 3.11. The normalized spacial score (nSPS) is 16.4. The van der Waals surface area contributed by atoms with E-state index in [0.29, 0.717) is 47.1 Å². The van der Waals surface area contributed by atoms with Crippen LogP contribution in [-0.2, 0) is 0 Å². The Morgan fingerprint density at radius 1 is 1.44 bits per heavy atom. The Labute approximate surface area is 155 Å². The number of rotatable bonds is 9. The molecule has 1 unspecified atom stereocenters. The van der Waals surface area contributed by atoms with Gasteiger partial charge in [0.1, 0.15) is 0 Å². The Balaban J connectivity index is 2.15. The van der Waals surface area contributed by atoms with Gasteiger partial charge < -0.3 is 20.5 Å². The second-order valence-corrected chi connectivity index (χ2v) is 7.78. The molecule has 3 N–H and O–H groups in total. The van der Waals surface area contributed by atoms with Crippen molar-refractivity contribution >= 4 is 17.5 Å². The summed E-state index contributed by atoms with van der Waals surface area (Å²) >= 11 is 6.34. The minimum Gasteiger partial charge on any atom is -0.493 e. The minimum atomic E-state index is -0.386. The molecule has 1 fully saturated rings. The van der Waals surface area contributed by atoms with E-state index >= 15 is 0 Å². The predicted octanol–water partition coefficient (Wildman–Crippen LogP) is 3.63. The molecular formula is C19H29ClN2O3. The lowest BCUT2D eigenvalue weighted by molar-refractivity contribution is 0.0897. The number of nitrogens with two attached hydrogens (primary N) is 1. The number of hydrogen-bond acceptors (Lipinski definition) is 4. The molecule has 6 heteroatoms. The molecule has 140 valence electrons. The molecule has 1 aliphatic carbocycles. The lowest BCUT2D eigenvalue weighted by Crippen LogP contribution is -2.53. The molecule has 0 spiro atoms. The number of ether oxygens (including phenoxy) is 2. The van der Waals surface area contributed by atoms with E-state index in [1.165, 1.54) is 7.11 Å². The fourth-order valence-electron chi connectivity index (χ4n) is 2.76. The largest absolute Gasteiger partial charge is 0.493 e. The van der Waals surface area contributed by atoms with Gasteiger partial charge >= 0.3 is 0 Å². The van der Waals surface area contributed by atoms with E-state index in [1.807, 2.05) is 6.92 Å². The third kappa shape index (κ3) is 5.02. The third-order valence-corrected chi connectivity index (χ3v) is 5.02. The molecule has 0 saturated heterocycles. The van der Waals surface area contributed by atoms with Crippen LogP contribution >= 0.6 is 11.6 Å². The van der Waals surface area contributed by atoms with E-state index in [9.17, 15) is 4.79 Å². The summed E-state index contributed by atoms with van der Waals surface area (Å²) in [5, 5.41) is 3.43. The highest BCUT2D eigenvalue weighted by atomic mass is 35.5. The van der Waals surface area contributed by atoms with Crippen LogP contribution in [0.1, 0.15) is 50.4 Å². The van der Waals surface area contributed by atoms with Crippen molar-refractivity contribution in [2.24, 2.45) is 17.6 Å². The monoisotopic (exact) mass is 368 g/mol. The van der Waals surface area contributed by atoms with Crippen LogP contribution < -0.4 is 20.5 Å². The zero-order valence-electron chi connectivity index (χ0n) is 15.5. The van der Waals surface area contributed by atoms with Crippen molar-refractivity contribution in [3.05, 3.63) is 22.7 Å². The molecule has 0 bridgehead atoms. The number of halogens is 1.